The molecule has 10 heteroatoms. The van der Waals surface area contributed by atoms with Gasteiger partial charge in [-0.2, -0.15) is 13.2 Å². The Morgan fingerprint density at radius 1 is 1.36 bits per heavy atom. The summed E-state index contributed by atoms with van der Waals surface area (Å²) in [5.74, 6) is -2.46. The number of carbonyl (C=O) groups excluding carboxylic acids is 1. The molecule has 0 aliphatic heterocycles. The third-order valence-corrected chi connectivity index (χ3v) is 2.91. The Bertz CT molecular complexity index is 605. The van der Waals surface area contributed by atoms with Crippen LogP contribution in [0.4, 0.5) is 13.2 Å². The van der Waals surface area contributed by atoms with Gasteiger partial charge in [0, 0.05) is 18.2 Å². The summed E-state index contributed by atoms with van der Waals surface area (Å²) < 4.78 is 42.9. The van der Waals surface area contributed by atoms with E-state index in [2.05, 4.69) is 15.9 Å². The average Bonchev–Trinajstić information content (AvgIpc) is 2.52. The van der Waals surface area contributed by atoms with E-state index >= 15 is 0 Å². The van der Waals surface area contributed by atoms with Crippen molar-refractivity contribution >= 4 is 33.9 Å². The number of carbonyl (C=O) groups is 2. The zero-order valence-electron chi connectivity index (χ0n) is 13.2. The first-order valence-corrected chi connectivity index (χ1v) is 7.69. The van der Waals surface area contributed by atoms with E-state index < -0.39 is 12.1 Å². The molecule has 0 heterocycles. The molecule has 6 nitrogen and oxygen atoms in total. The molecular weight excluding hydrogens is 411 g/mol. The van der Waals surface area contributed by atoms with Crippen molar-refractivity contribution in [3.05, 3.63) is 34.3 Å². The van der Waals surface area contributed by atoms with Crippen molar-refractivity contribution in [2.24, 2.45) is 5.73 Å². The van der Waals surface area contributed by atoms with Gasteiger partial charge in [0.25, 0.3) is 0 Å². The third kappa shape index (κ3) is 9.72. The first-order valence-electron chi connectivity index (χ1n) is 6.89. The number of rotatable bonds is 6. The van der Waals surface area contributed by atoms with Crippen LogP contribution in [0.25, 0.3) is 6.08 Å². The fraction of sp³-hybridized carbons (Fsp3) is 0.333. The normalized spacial score (nSPS) is 10.8. The topological polar surface area (TPSA) is 98.9 Å². The van der Waals surface area contributed by atoms with Gasteiger partial charge in [0.1, 0.15) is 12.4 Å². The SMILES string of the molecule is CCOC(=O)/C=C/c1cccc(Br)c1OCCN.O=C(O)C(F)(F)F. The molecule has 25 heavy (non-hydrogen) atoms. The van der Waals surface area contributed by atoms with Crippen molar-refractivity contribution in [1.82, 2.24) is 0 Å². The molecule has 0 saturated heterocycles. The Labute approximate surface area is 150 Å². The molecular formula is C15H17BrF3NO5. The van der Waals surface area contributed by atoms with E-state index in [4.69, 9.17) is 25.1 Å². The number of carboxylic acids is 1. The number of hydrogen-bond donors (Lipinski definition) is 2. The van der Waals surface area contributed by atoms with Crippen molar-refractivity contribution in [2.75, 3.05) is 19.8 Å². The molecule has 0 bridgehead atoms. The molecule has 0 amide bonds. The third-order valence-electron chi connectivity index (χ3n) is 2.29. The number of para-hydroxylation sites is 1. The summed E-state index contributed by atoms with van der Waals surface area (Å²) in [5, 5.41) is 7.12. The van der Waals surface area contributed by atoms with Crippen LogP contribution in [-0.2, 0) is 14.3 Å². The summed E-state index contributed by atoms with van der Waals surface area (Å²) in [6, 6.07) is 5.59. The van der Waals surface area contributed by atoms with Crippen molar-refractivity contribution in [3.8, 4) is 5.75 Å². The Kier molecular flexibility index (Phi) is 10.5. The Hall–Kier alpha value is -2.07. The second-order valence-electron chi connectivity index (χ2n) is 4.18. The number of aliphatic carboxylic acids is 1. The Morgan fingerprint density at radius 3 is 2.44 bits per heavy atom. The number of alkyl halides is 3. The number of ether oxygens (including phenoxy) is 2. The summed E-state index contributed by atoms with van der Waals surface area (Å²) in [6.45, 7) is 2.98. The van der Waals surface area contributed by atoms with E-state index in [1.165, 1.54) is 6.08 Å². The van der Waals surface area contributed by atoms with E-state index in [1.807, 2.05) is 18.2 Å². The molecule has 0 unspecified atom stereocenters. The standard InChI is InChI=1S/C13H16BrNO3.C2HF3O2/c1-2-17-12(16)7-6-10-4-3-5-11(14)13(10)18-9-8-15;3-2(4,5)1(6)7/h3-7H,2,8-9,15H2,1H3;(H,6,7)/b7-6+;. The maximum atomic E-state index is 11.2. The predicted octanol–water partition coefficient (Wildman–Crippen LogP) is 3.00. The molecule has 1 aromatic rings. The van der Waals surface area contributed by atoms with Gasteiger partial charge in [-0.25, -0.2) is 9.59 Å². The molecule has 0 aliphatic rings. The molecule has 0 spiro atoms. The van der Waals surface area contributed by atoms with Crippen LogP contribution in [0.5, 0.6) is 5.75 Å². The van der Waals surface area contributed by atoms with E-state index in [9.17, 15) is 18.0 Å². The fourth-order valence-corrected chi connectivity index (χ4v) is 1.81. The average molecular weight is 428 g/mol. The maximum Gasteiger partial charge on any atom is 0.490 e. The van der Waals surface area contributed by atoms with Crippen molar-refractivity contribution in [2.45, 2.75) is 13.1 Å². The lowest BCUT2D eigenvalue weighted by Gasteiger charge is -2.10. The Balaban J connectivity index is 0.000000697. The van der Waals surface area contributed by atoms with E-state index in [-0.39, 0.29) is 5.97 Å². The molecule has 140 valence electrons. The largest absolute Gasteiger partial charge is 0.490 e. The lowest BCUT2D eigenvalue weighted by atomic mass is 10.2. The number of halogens is 4. The predicted molar refractivity (Wildman–Crippen MR) is 88.0 cm³/mol. The van der Waals surface area contributed by atoms with E-state index in [1.54, 1.807) is 13.0 Å². The smallest absolute Gasteiger partial charge is 0.490 e. The minimum absolute atomic E-state index is 0.359. The van der Waals surface area contributed by atoms with Crippen LogP contribution in [0, 0.1) is 0 Å². The molecule has 0 atom stereocenters. The van der Waals surface area contributed by atoms with Gasteiger partial charge < -0.3 is 20.3 Å². The minimum atomic E-state index is -5.08. The summed E-state index contributed by atoms with van der Waals surface area (Å²) >= 11 is 3.40. The van der Waals surface area contributed by atoms with Gasteiger partial charge in [0.2, 0.25) is 0 Å². The highest BCUT2D eigenvalue weighted by Gasteiger charge is 2.38. The second-order valence-corrected chi connectivity index (χ2v) is 5.04. The first kappa shape index (κ1) is 22.9. The van der Waals surface area contributed by atoms with Crippen molar-refractivity contribution < 1.29 is 37.3 Å². The fourth-order valence-electron chi connectivity index (χ4n) is 1.32. The number of nitrogens with two attached hydrogens (primary N) is 1. The summed E-state index contributed by atoms with van der Waals surface area (Å²) in [7, 11) is 0. The number of esters is 1. The molecule has 0 radical (unpaired) electrons. The highest BCUT2D eigenvalue weighted by molar-refractivity contribution is 9.10. The van der Waals surface area contributed by atoms with Crippen LogP contribution in [0.3, 0.4) is 0 Å². The van der Waals surface area contributed by atoms with Crippen LogP contribution in [0.15, 0.2) is 28.7 Å². The molecule has 0 aliphatic carbocycles. The van der Waals surface area contributed by atoms with Gasteiger partial charge in [-0.1, -0.05) is 12.1 Å². The highest BCUT2D eigenvalue weighted by Crippen LogP contribution is 2.29. The van der Waals surface area contributed by atoms with Gasteiger partial charge in [-0.15, -0.1) is 0 Å². The van der Waals surface area contributed by atoms with Crippen molar-refractivity contribution in [3.63, 3.8) is 0 Å². The van der Waals surface area contributed by atoms with Gasteiger partial charge >= 0.3 is 18.1 Å². The molecule has 1 aromatic carbocycles. The second kappa shape index (κ2) is 11.5. The minimum Gasteiger partial charge on any atom is -0.490 e. The first-order chi connectivity index (χ1) is 11.6. The zero-order chi connectivity index (χ0) is 19.5. The number of benzene rings is 1. The number of hydrogen-bond acceptors (Lipinski definition) is 5. The highest BCUT2D eigenvalue weighted by atomic mass is 79.9. The van der Waals surface area contributed by atoms with Crippen LogP contribution >= 0.6 is 15.9 Å². The van der Waals surface area contributed by atoms with Crippen LogP contribution in [0.2, 0.25) is 0 Å². The van der Waals surface area contributed by atoms with Crippen molar-refractivity contribution in [1.29, 1.82) is 0 Å². The molecule has 0 saturated carbocycles. The summed E-state index contributed by atoms with van der Waals surface area (Å²) in [5.41, 5.74) is 6.20. The van der Waals surface area contributed by atoms with E-state index in [0.717, 1.165) is 10.0 Å². The zero-order valence-corrected chi connectivity index (χ0v) is 14.8. The molecule has 0 fully saturated rings. The van der Waals surface area contributed by atoms with E-state index in [0.29, 0.717) is 25.5 Å². The van der Waals surface area contributed by atoms with Gasteiger partial charge in [0.15, 0.2) is 0 Å². The molecule has 0 aromatic heterocycles. The Morgan fingerprint density at radius 2 is 1.96 bits per heavy atom. The monoisotopic (exact) mass is 427 g/mol. The number of carboxylic acid groups (broad SMARTS) is 1. The lowest BCUT2D eigenvalue weighted by molar-refractivity contribution is -0.192. The van der Waals surface area contributed by atoms with Crippen LogP contribution in [0.1, 0.15) is 12.5 Å². The van der Waals surface area contributed by atoms with Crippen LogP contribution < -0.4 is 10.5 Å². The molecule has 3 N–H and O–H groups in total. The van der Waals surface area contributed by atoms with Crippen LogP contribution in [-0.4, -0.2) is 43.0 Å². The quantitative estimate of drug-likeness (QED) is 0.534. The lowest BCUT2D eigenvalue weighted by Crippen LogP contribution is -2.21. The summed E-state index contributed by atoms with van der Waals surface area (Å²) in [4.78, 5) is 20.1. The summed E-state index contributed by atoms with van der Waals surface area (Å²) in [6.07, 6.45) is -2.05. The maximum absolute atomic E-state index is 11.2. The van der Waals surface area contributed by atoms with Gasteiger partial charge in [-0.05, 0) is 35.0 Å². The van der Waals surface area contributed by atoms with Gasteiger partial charge in [0.05, 0.1) is 11.1 Å². The van der Waals surface area contributed by atoms with Gasteiger partial charge in [-0.3, -0.25) is 0 Å². The molecule has 1 rings (SSSR count).